The molecule has 0 aliphatic carbocycles. The maximum atomic E-state index is 14.7. The third-order valence-corrected chi connectivity index (χ3v) is 4.52. The third-order valence-electron chi connectivity index (χ3n) is 4.52. The lowest BCUT2D eigenvalue weighted by Crippen LogP contribution is -2.37. The van der Waals surface area contributed by atoms with Crippen LogP contribution in [-0.2, 0) is 4.74 Å². The highest BCUT2D eigenvalue weighted by molar-refractivity contribution is 5.90. The minimum atomic E-state index is -0.733. The Kier molecular flexibility index (Phi) is 6.83. The van der Waals surface area contributed by atoms with Crippen LogP contribution in [0.15, 0.2) is 29.0 Å². The first-order valence-electron chi connectivity index (χ1n) is 9.29. The quantitative estimate of drug-likeness (QED) is 0.404. The molecule has 158 valence electrons. The highest BCUT2D eigenvalue weighted by atomic mass is 19.1. The second-order valence-electron chi connectivity index (χ2n) is 6.40. The van der Waals surface area contributed by atoms with Gasteiger partial charge in [0.25, 0.3) is 0 Å². The molecule has 1 aliphatic rings. The van der Waals surface area contributed by atoms with E-state index in [0.717, 1.165) is 12.1 Å². The van der Waals surface area contributed by atoms with E-state index in [4.69, 9.17) is 9.26 Å². The number of cyclic esters (lactones) is 1. The summed E-state index contributed by atoms with van der Waals surface area (Å²) in [7, 11) is 1.72. The van der Waals surface area contributed by atoms with Crippen molar-refractivity contribution < 1.29 is 22.8 Å². The van der Waals surface area contributed by atoms with Gasteiger partial charge in [0.15, 0.2) is 17.5 Å². The summed E-state index contributed by atoms with van der Waals surface area (Å²) in [6.45, 7) is 3.61. The fourth-order valence-corrected chi connectivity index (χ4v) is 3.11. The number of nitrogens with zero attached hydrogens (tertiary/aromatic N) is 3. The number of halogens is 2. The number of ether oxygens (including phenoxy) is 1. The van der Waals surface area contributed by atoms with Crippen LogP contribution < -0.4 is 26.0 Å². The number of anilines is 3. The number of aromatic nitrogens is 1. The first kappa shape index (κ1) is 20.8. The fourth-order valence-electron chi connectivity index (χ4n) is 3.11. The molecule has 1 atom stereocenters. The smallest absolute Gasteiger partial charge is 0.414 e. The van der Waals surface area contributed by atoms with E-state index in [1.54, 1.807) is 18.0 Å². The molecular formula is C18H24F2N6O3. The second kappa shape index (κ2) is 9.52. The summed E-state index contributed by atoms with van der Waals surface area (Å²) < 4.78 is 39.5. The van der Waals surface area contributed by atoms with Crippen molar-refractivity contribution in [3.05, 3.63) is 36.1 Å². The predicted octanol–water partition coefficient (Wildman–Crippen LogP) is 1.94. The molecule has 11 heteroatoms. The molecule has 3 N–H and O–H groups in total. The van der Waals surface area contributed by atoms with Gasteiger partial charge in [0.1, 0.15) is 18.1 Å². The van der Waals surface area contributed by atoms with Crippen LogP contribution in [0, 0.1) is 11.6 Å². The molecule has 0 unspecified atom stereocenters. The number of rotatable bonds is 10. The number of amides is 1. The van der Waals surface area contributed by atoms with Gasteiger partial charge in [-0.25, -0.2) is 13.6 Å². The van der Waals surface area contributed by atoms with Crippen LogP contribution in [0.4, 0.5) is 30.8 Å². The van der Waals surface area contributed by atoms with Gasteiger partial charge < -0.3 is 19.5 Å². The normalized spacial score (nSPS) is 16.2. The zero-order chi connectivity index (χ0) is 20.8. The maximum absolute atomic E-state index is 14.7. The monoisotopic (exact) mass is 410 g/mol. The standard InChI is InChI=1S/C18H24F2N6O3/c1-3-25(6-5-23-21-2)17-14(19)8-12(9-15(17)20)26-11-13(29-18(26)27)10-22-16-4-7-28-24-16/h4,7-9,13,21,23H,3,5-6,10-11H2,1-2H3,(H,22,24)/t13-/m0/s1. The van der Waals surface area contributed by atoms with Gasteiger partial charge in [-0.1, -0.05) is 5.16 Å². The molecule has 0 bridgehead atoms. The summed E-state index contributed by atoms with van der Waals surface area (Å²) in [4.78, 5) is 15.0. The number of hydrazine groups is 1. The lowest BCUT2D eigenvalue weighted by Gasteiger charge is -2.25. The van der Waals surface area contributed by atoms with E-state index in [-0.39, 0.29) is 17.9 Å². The van der Waals surface area contributed by atoms with Gasteiger partial charge >= 0.3 is 6.09 Å². The number of hydrogen-bond donors (Lipinski definition) is 3. The Morgan fingerprint density at radius 1 is 1.34 bits per heavy atom. The Labute approximate surface area is 166 Å². The van der Waals surface area contributed by atoms with Gasteiger partial charge in [-0.05, 0) is 14.0 Å². The van der Waals surface area contributed by atoms with Gasteiger partial charge in [0.05, 0.1) is 18.8 Å². The first-order chi connectivity index (χ1) is 14.0. The number of carbonyl (C=O) groups is 1. The topological polar surface area (TPSA) is 94.9 Å². The Morgan fingerprint density at radius 2 is 2.10 bits per heavy atom. The molecule has 2 heterocycles. The van der Waals surface area contributed by atoms with Crippen molar-refractivity contribution >= 4 is 23.3 Å². The predicted molar refractivity (Wildman–Crippen MR) is 104 cm³/mol. The minimum absolute atomic E-state index is 0.113. The van der Waals surface area contributed by atoms with Crippen molar-refractivity contribution in [2.24, 2.45) is 0 Å². The van der Waals surface area contributed by atoms with Crippen LogP contribution in [0.3, 0.4) is 0 Å². The van der Waals surface area contributed by atoms with E-state index in [9.17, 15) is 13.6 Å². The molecule has 1 amide bonds. The highest BCUT2D eigenvalue weighted by Gasteiger charge is 2.33. The van der Waals surface area contributed by atoms with Gasteiger partial charge in [-0.15, -0.1) is 0 Å². The Balaban J connectivity index is 1.69. The average Bonchev–Trinajstić information content (AvgIpc) is 3.34. The van der Waals surface area contributed by atoms with Crippen LogP contribution in [0.2, 0.25) is 0 Å². The number of likely N-dealkylation sites (N-methyl/N-ethyl adjacent to an activating group) is 1. The summed E-state index contributed by atoms with van der Waals surface area (Å²) in [5.74, 6) is -0.958. The molecule has 1 aliphatic heterocycles. The number of hydrogen-bond acceptors (Lipinski definition) is 8. The molecule has 1 saturated heterocycles. The summed E-state index contributed by atoms with van der Waals surface area (Å²) >= 11 is 0. The number of carbonyl (C=O) groups excluding carboxylic acids is 1. The molecule has 0 radical (unpaired) electrons. The van der Waals surface area contributed by atoms with Crippen molar-refractivity contribution in [2.45, 2.75) is 13.0 Å². The lowest BCUT2D eigenvalue weighted by molar-refractivity contribution is 0.147. The van der Waals surface area contributed by atoms with E-state index >= 15 is 0 Å². The zero-order valence-corrected chi connectivity index (χ0v) is 16.2. The first-order valence-corrected chi connectivity index (χ1v) is 9.29. The molecule has 2 aromatic rings. The largest absolute Gasteiger partial charge is 0.442 e. The van der Waals surface area contributed by atoms with Crippen molar-refractivity contribution in [1.82, 2.24) is 16.0 Å². The molecule has 1 aromatic heterocycles. The van der Waals surface area contributed by atoms with E-state index in [1.807, 2.05) is 6.92 Å². The van der Waals surface area contributed by atoms with Crippen LogP contribution in [-0.4, -0.2) is 57.1 Å². The molecular weight excluding hydrogens is 386 g/mol. The molecule has 29 heavy (non-hydrogen) atoms. The Bertz CT molecular complexity index is 797. The number of nitrogens with one attached hydrogen (secondary N) is 3. The van der Waals surface area contributed by atoms with Crippen molar-refractivity contribution in [1.29, 1.82) is 0 Å². The number of benzene rings is 1. The van der Waals surface area contributed by atoms with Gasteiger partial charge in [-0.2, -0.15) is 0 Å². The maximum Gasteiger partial charge on any atom is 0.414 e. The fraction of sp³-hybridized carbons (Fsp3) is 0.444. The lowest BCUT2D eigenvalue weighted by atomic mass is 10.2. The molecule has 3 rings (SSSR count). The van der Waals surface area contributed by atoms with Crippen molar-refractivity contribution in [2.75, 3.05) is 54.9 Å². The van der Waals surface area contributed by atoms with Crippen LogP contribution >= 0.6 is 0 Å². The Morgan fingerprint density at radius 3 is 2.72 bits per heavy atom. The van der Waals surface area contributed by atoms with E-state index in [2.05, 4.69) is 21.3 Å². The zero-order valence-electron chi connectivity index (χ0n) is 16.2. The van der Waals surface area contributed by atoms with Crippen LogP contribution in [0.1, 0.15) is 6.92 Å². The second-order valence-corrected chi connectivity index (χ2v) is 6.40. The summed E-state index contributed by atoms with van der Waals surface area (Å²) in [5.41, 5.74) is 5.65. The van der Waals surface area contributed by atoms with E-state index in [1.165, 1.54) is 11.2 Å². The van der Waals surface area contributed by atoms with Crippen molar-refractivity contribution in [3.8, 4) is 0 Å². The highest BCUT2D eigenvalue weighted by Crippen LogP contribution is 2.31. The molecule has 0 spiro atoms. The van der Waals surface area contributed by atoms with E-state index in [0.29, 0.717) is 32.0 Å². The molecule has 9 nitrogen and oxygen atoms in total. The third kappa shape index (κ3) is 4.93. The summed E-state index contributed by atoms with van der Waals surface area (Å²) in [6, 6.07) is 3.94. The van der Waals surface area contributed by atoms with Crippen molar-refractivity contribution in [3.63, 3.8) is 0 Å². The van der Waals surface area contributed by atoms with Gasteiger partial charge in [0.2, 0.25) is 0 Å². The molecule has 0 saturated carbocycles. The Hall–Kier alpha value is -2.92. The summed E-state index contributed by atoms with van der Waals surface area (Å²) in [6.07, 6.45) is 0.260. The average molecular weight is 410 g/mol. The summed E-state index contributed by atoms with van der Waals surface area (Å²) in [5, 5.41) is 6.67. The van der Waals surface area contributed by atoms with Crippen LogP contribution in [0.25, 0.3) is 0 Å². The van der Waals surface area contributed by atoms with Crippen LogP contribution in [0.5, 0.6) is 0 Å². The van der Waals surface area contributed by atoms with Gasteiger partial charge in [0, 0.05) is 37.8 Å². The molecule has 1 fully saturated rings. The van der Waals surface area contributed by atoms with Gasteiger partial charge in [-0.3, -0.25) is 15.8 Å². The molecule has 1 aromatic carbocycles. The SMILES string of the molecule is CCN(CCNNC)c1c(F)cc(N2C[C@H](CNc3ccon3)OC2=O)cc1F. The van der Waals surface area contributed by atoms with E-state index < -0.39 is 23.8 Å². The minimum Gasteiger partial charge on any atom is -0.442 e.